The van der Waals surface area contributed by atoms with Crippen molar-refractivity contribution in [1.29, 1.82) is 0 Å². The molecular formula is C17H24N2O4. The first-order valence-electron chi connectivity index (χ1n) is 8.34. The highest BCUT2D eigenvalue weighted by atomic mass is 16.5. The summed E-state index contributed by atoms with van der Waals surface area (Å²) in [4.78, 5) is 28.5. The third kappa shape index (κ3) is 3.75. The maximum Gasteiger partial charge on any atom is 0.227 e. The van der Waals surface area contributed by atoms with Gasteiger partial charge in [-0.25, -0.2) is 0 Å². The van der Waals surface area contributed by atoms with Crippen LogP contribution in [0.5, 0.6) is 0 Å². The Morgan fingerprint density at radius 2 is 2.35 bits per heavy atom. The van der Waals surface area contributed by atoms with E-state index in [-0.39, 0.29) is 17.7 Å². The van der Waals surface area contributed by atoms with Gasteiger partial charge in [0.1, 0.15) is 5.76 Å². The molecule has 0 saturated carbocycles. The first-order valence-corrected chi connectivity index (χ1v) is 8.34. The van der Waals surface area contributed by atoms with Gasteiger partial charge in [0.2, 0.25) is 11.8 Å². The SMILES string of the molecule is CCN(C[C@H]1CCOC1)C(=O)[C@@H]1CC(=O)N(Cc2ccco2)C1. The van der Waals surface area contributed by atoms with Crippen LogP contribution < -0.4 is 0 Å². The molecule has 6 heteroatoms. The smallest absolute Gasteiger partial charge is 0.227 e. The van der Waals surface area contributed by atoms with Crippen molar-refractivity contribution in [3.05, 3.63) is 24.2 Å². The number of carbonyl (C=O) groups is 2. The fourth-order valence-corrected chi connectivity index (χ4v) is 3.35. The summed E-state index contributed by atoms with van der Waals surface area (Å²) in [6.45, 7) is 5.85. The zero-order valence-electron chi connectivity index (χ0n) is 13.6. The van der Waals surface area contributed by atoms with Crippen molar-refractivity contribution in [3.63, 3.8) is 0 Å². The Kier molecular flexibility index (Phi) is 5.00. The van der Waals surface area contributed by atoms with Crippen molar-refractivity contribution < 1.29 is 18.7 Å². The second-order valence-corrected chi connectivity index (χ2v) is 6.36. The Balaban J connectivity index is 1.57. The van der Waals surface area contributed by atoms with Gasteiger partial charge in [0, 0.05) is 38.6 Å². The van der Waals surface area contributed by atoms with Crippen molar-refractivity contribution >= 4 is 11.8 Å². The predicted octanol–water partition coefficient (Wildman–Crippen LogP) is 1.51. The number of amides is 2. The Morgan fingerprint density at radius 1 is 1.48 bits per heavy atom. The molecule has 2 amide bonds. The number of ether oxygens (including phenoxy) is 1. The second kappa shape index (κ2) is 7.17. The maximum atomic E-state index is 12.7. The van der Waals surface area contributed by atoms with Gasteiger partial charge in [0.05, 0.1) is 25.3 Å². The number of likely N-dealkylation sites (tertiary alicyclic amines) is 1. The lowest BCUT2D eigenvalue weighted by molar-refractivity contribution is -0.136. The lowest BCUT2D eigenvalue weighted by atomic mass is 10.0. The van der Waals surface area contributed by atoms with Crippen LogP contribution in [0.2, 0.25) is 0 Å². The van der Waals surface area contributed by atoms with Crippen molar-refractivity contribution in [2.45, 2.75) is 26.3 Å². The number of hydrogen-bond acceptors (Lipinski definition) is 4. The molecule has 6 nitrogen and oxygen atoms in total. The summed E-state index contributed by atoms with van der Waals surface area (Å²) >= 11 is 0. The van der Waals surface area contributed by atoms with Gasteiger partial charge in [-0.1, -0.05) is 0 Å². The van der Waals surface area contributed by atoms with Crippen molar-refractivity contribution in [3.8, 4) is 0 Å². The van der Waals surface area contributed by atoms with E-state index in [1.807, 2.05) is 17.9 Å². The van der Waals surface area contributed by atoms with Gasteiger partial charge in [0.15, 0.2) is 0 Å². The molecular weight excluding hydrogens is 296 g/mol. The fraction of sp³-hybridized carbons (Fsp3) is 0.647. The lowest BCUT2D eigenvalue weighted by Crippen LogP contribution is -2.40. The topological polar surface area (TPSA) is 63.0 Å². The lowest BCUT2D eigenvalue weighted by Gasteiger charge is -2.26. The van der Waals surface area contributed by atoms with Gasteiger partial charge in [-0.2, -0.15) is 0 Å². The van der Waals surface area contributed by atoms with Gasteiger partial charge >= 0.3 is 0 Å². The van der Waals surface area contributed by atoms with E-state index >= 15 is 0 Å². The predicted molar refractivity (Wildman–Crippen MR) is 83.4 cm³/mol. The summed E-state index contributed by atoms with van der Waals surface area (Å²) in [6, 6.07) is 3.65. The molecule has 0 spiro atoms. The molecule has 0 bridgehead atoms. The van der Waals surface area contributed by atoms with Crippen LogP contribution in [0, 0.1) is 11.8 Å². The summed E-state index contributed by atoms with van der Waals surface area (Å²) < 4.78 is 10.7. The van der Waals surface area contributed by atoms with E-state index in [0.29, 0.717) is 32.0 Å². The molecule has 2 fully saturated rings. The van der Waals surface area contributed by atoms with E-state index in [9.17, 15) is 9.59 Å². The summed E-state index contributed by atoms with van der Waals surface area (Å²) in [7, 11) is 0. The standard InChI is InChI=1S/C17H24N2O4/c1-2-18(9-13-5-7-22-12-13)17(21)14-8-16(20)19(10-14)11-15-4-3-6-23-15/h3-4,6,13-14H,2,5,7-12H2,1H3/t13-,14-/m1/s1. The number of hydrogen-bond donors (Lipinski definition) is 0. The Hall–Kier alpha value is -1.82. The third-order valence-electron chi connectivity index (χ3n) is 4.69. The van der Waals surface area contributed by atoms with Crippen LogP contribution in [0.1, 0.15) is 25.5 Å². The van der Waals surface area contributed by atoms with E-state index in [1.165, 1.54) is 0 Å². The van der Waals surface area contributed by atoms with E-state index in [0.717, 1.165) is 31.9 Å². The summed E-state index contributed by atoms with van der Waals surface area (Å²) in [6.07, 6.45) is 2.91. The third-order valence-corrected chi connectivity index (χ3v) is 4.69. The van der Waals surface area contributed by atoms with Crippen LogP contribution in [0.3, 0.4) is 0 Å². The van der Waals surface area contributed by atoms with Crippen molar-refractivity contribution in [1.82, 2.24) is 9.80 Å². The molecule has 3 rings (SSSR count). The molecule has 0 radical (unpaired) electrons. The van der Waals surface area contributed by atoms with Crippen LogP contribution in [0.15, 0.2) is 22.8 Å². The first-order chi connectivity index (χ1) is 11.2. The van der Waals surface area contributed by atoms with Crippen molar-refractivity contribution in [2.24, 2.45) is 11.8 Å². The highest BCUT2D eigenvalue weighted by Crippen LogP contribution is 2.23. The van der Waals surface area contributed by atoms with Crippen molar-refractivity contribution in [2.75, 3.05) is 32.8 Å². The van der Waals surface area contributed by atoms with Gasteiger partial charge in [0.25, 0.3) is 0 Å². The van der Waals surface area contributed by atoms with Gasteiger partial charge in [-0.3, -0.25) is 9.59 Å². The largest absolute Gasteiger partial charge is 0.467 e. The molecule has 2 saturated heterocycles. The number of rotatable bonds is 6. The summed E-state index contributed by atoms with van der Waals surface area (Å²) in [5.41, 5.74) is 0. The van der Waals surface area contributed by atoms with E-state index in [2.05, 4.69) is 0 Å². The molecule has 0 aromatic carbocycles. The molecule has 0 unspecified atom stereocenters. The molecule has 3 heterocycles. The molecule has 1 aromatic heterocycles. The van der Waals surface area contributed by atoms with Gasteiger partial charge < -0.3 is 19.0 Å². The number of carbonyl (C=O) groups excluding carboxylic acids is 2. The minimum atomic E-state index is -0.236. The average Bonchev–Trinajstić information content (AvgIpc) is 3.28. The molecule has 2 atom stereocenters. The number of furan rings is 1. The molecule has 23 heavy (non-hydrogen) atoms. The maximum absolute atomic E-state index is 12.7. The molecule has 2 aliphatic heterocycles. The molecule has 0 N–H and O–H groups in total. The fourth-order valence-electron chi connectivity index (χ4n) is 3.35. The van der Waals surface area contributed by atoms with Gasteiger partial charge in [-0.15, -0.1) is 0 Å². The minimum absolute atomic E-state index is 0.0278. The summed E-state index contributed by atoms with van der Waals surface area (Å²) in [5.74, 6) is 1.06. The number of nitrogens with zero attached hydrogens (tertiary/aromatic N) is 2. The normalized spacial score (nSPS) is 24.4. The second-order valence-electron chi connectivity index (χ2n) is 6.36. The highest BCUT2D eigenvalue weighted by Gasteiger charge is 2.37. The molecule has 126 valence electrons. The zero-order chi connectivity index (χ0) is 16.2. The van der Waals surface area contributed by atoms with Crippen LogP contribution in [0.25, 0.3) is 0 Å². The van der Waals surface area contributed by atoms with Crippen LogP contribution in [0.4, 0.5) is 0 Å². The zero-order valence-corrected chi connectivity index (χ0v) is 13.6. The molecule has 0 aliphatic carbocycles. The van der Waals surface area contributed by atoms with E-state index in [4.69, 9.17) is 9.15 Å². The Morgan fingerprint density at radius 3 is 3.00 bits per heavy atom. The first kappa shape index (κ1) is 16.1. The van der Waals surface area contributed by atoms with Gasteiger partial charge in [-0.05, 0) is 25.5 Å². The summed E-state index contributed by atoms with van der Waals surface area (Å²) in [5, 5.41) is 0. The Labute approximate surface area is 136 Å². The van der Waals surface area contributed by atoms with E-state index in [1.54, 1.807) is 17.2 Å². The van der Waals surface area contributed by atoms with Crippen LogP contribution >= 0.6 is 0 Å². The minimum Gasteiger partial charge on any atom is -0.467 e. The van der Waals surface area contributed by atoms with Crippen LogP contribution in [-0.2, 0) is 20.9 Å². The van der Waals surface area contributed by atoms with E-state index < -0.39 is 0 Å². The quantitative estimate of drug-likeness (QED) is 0.797. The van der Waals surface area contributed by atoms with Crippen LogP contribution in [-0.4, -0.2) is 54.5 Å². The highest BCUT2D eigenvalue weighted by molar-refractivity contribution is 5.89. The molecule has 1 aromatic rings. The monoisotopic (exact) mass is 320 g/mol. The Bertz CT molecular complexity index is 537. The average molecular weight is 320 g/mol. The molecule has 2 aliphatic rings.